The van der Waals surface area contributed by atoms with Crippen molar-refractivity contribution < 1.29 is 58.2 Å². The minimum atomic E-state index is -1.84. The molecular formula is C44H69NO12. The zero-order valence-corrected chi connectivity index (χ0v) is 35.4. The summed E-state index contributed by atoms with van der Waals surface area (Å²) in [5.74, 6) is -3.65. The van der Waals surface area contributed by atoms with Gasteiger partial charge in [-0.05, 0) is 102 Å². The Balaban J connectivity index is 1.76. The Morgan fingerprint density at radius 1 is 0.930 bits per heavy atom. The molecule has 0 aromatic rings. The second kappa shape index (κ2) is 20.8. The summed E-state index contributed by atoms with van der Waals surface area (Å²) in [5, 5.41) is 33.9. The van der Waals surface area contributed by atoms with Crippen LogP contribution in [0.3, 0.4) is 0 Å². The first-order valence-electron chi connectivity index (χ1n) is 20.8. The van der Waals surface area contributed by atoms with Gasteiger partial charge in [-0.2, -0.15) is 0 Å². The average molecular weight is 804 g/mol. The van der Waals surface area contributed by atoms with Crippen molar-refractivity contribution in [2.45, 2.75) is 160 Å². The number of fused-ring (bicyclic) bond motifs is 15. The first-order valence-corrected chi connectivity index (χ1v) is 20.8. The van der Waals surface area contributed by atoms with E-state index in [-0.39, 0.29) is 49.5 Å². The van der Waals surface area contributed by atoms with Gasteiger partial charge >= 0.3 is 11.9 Å². The molecule has 5 rings (SSSR count). The van der Waals surface area contributed by atoms with Crippen LogP contribution in [0.2, 0.25) is 0 Å². The van der Waals surface area contributed by atoms with Crippen LogP contribution >= 0.6 is 0 Å². The van der Waals surface area contributed by atoms with Crippen molar-refractivity contribution in [1.82, 2.24) is 4.90 Å². The summed E-state index contributed by atoms with van der Waals surface area (Å²) in [5.41, 5.74) is -0.0441. The summed E-state index contributed by atoms with van der Waals surface area (Å²) >= 11 is 0. The van der Waals surface area contributed by atoms with Gasteiger partial charge in [-0.3, -0.25) is 14.4 Å². The zero-order chi connectivity index (χ0) is 42.2. The number of hydrogen-bond donors (Lipinski definition) is 3. The summed E-state index contributed by atoms with van der Waals surface area (Å²) in [6, 6.07) is -1.07. The number of amides is 1. The van der Waals surface area contributed by atoms with Crippen LogP contribution in [-0.4, -0.2) is 127 Å². The highest BCUT2D eigenvalue weighted by molar-refractivity contribution is 5.92. The van der Waals surface area contributed by atoms with Crippen molar-refractivity contribution in [2.75, 3.05) is 27.9 Å². The number of aliphatic hydroxyl groups is 3. The first-order chi connectivity index (χ1) is 27.0. The van der Waals surface area contributed by atoms with Gasteiger partial charge in [0.1, 0.15) is 29.4 Å². The molecule has 2 saturated heterocycles. The number of nitrogens with zero attached hydrogens (tertiary/aromatic N) is 1. The Bertz CT molecular complexity index is 1480. The van der Waals surface area contributed by atoms with E-state index in [0.717, 1.165) is 5.57 Å². The molecule has 4 heterocycles. The fourth-order valence-electron chi connectivity index (χ4n) is 9.43. The predicted molar refractivity (Wildman–Crippen MR) is 213 cm³/mol. The lowest BCUT2D eigenvalue weighted by atomic mass is 9.74. The highest BCUT2D eigenvalue weighted by Gasteiger charge is 2.56. The molecule has 0 radical (unpaired) electrons. The number of allylic oxidation sites excluding steroid dienone is 4. The van der Waals surface area contributed by atoms with Crippen molar-refractivity contribution in [2.24, 2.45) is 29.1 Å². The summed E-state index contributed by atoms with van der Waals surface area (Å²) in [7, 11) is 4.59. The topological polar surface area (TPSA) is 178 Å². The van der Waals surface area contributed by atoms with Crippen molar-refractivity contribution in [1.29, 1.82) is 0 Å². The van der Waals surface area contributed by atoms with Gasteiger partial charge in [0.25, 0.3) is 5.91 Å². The lowest BCUT2D eigenvalue weighted by Gasteiger charge is -2.46. The van der Waals surface area contributed by atoms with E-state index in [9.17, 15) is 34.5 Å². The Labute approximate surface area is 339 Å². The smallest absolute Gasteiger partial charge is 0.329 e. The summed E-state index contributed by atoms with van der Waals surface area (Å²) in [4.78, 5) is 57.6. The molecule has 3 N–H and O–H groups in total. The monoisotopic (exact) mass is 803 g/mol. The van der Waals surface area contributed by atoms with Crippen LogP contribution in [0.4, 0.5) is 0 Å². The van der Waals surface area contributed by atoms with Crippen LogP contribution in [0.15, 0.2) is 36.0 Å². The predicted octanol–water partition coefficient (Wildman–Crippen LogP) is 4.64. The quantitative estimate of drug-likeness (QED) is 0.240. The molecule has 13 heteroatoms. The number of piperidine rings is 1. The van der Waals surface area contributed by atoms with E-state index in [0.29, 0.717) is 56.9 Å². The van der Waals surface area contributed by atoms with E-state index < -0.39 is 83.9 Å². The average Bonchev–Trinajstić information content (AvgIpc) is 3.18. The molecule has 2 bridgehead atoms. The molecule has 322 valence electrons. The number of methoxy groups -OCH3 is 3. The molecule has 0 aromatic heterocycles. The fourth-order valence-corrected chi connectivity index (χ4v) is 9.43. The van der Waals surface area contributed by atoms with E-state index in [4.69, 9.17) is 23.7 Å². The van der Waals surface area contributed by atoms with E-state index in [2.05, 4.69) is 6.58 Å². The van der Waals surface area contributed by atoms with Crippen LogP contribution in [0.5, 0.6) is 0 Å². The largest absolute Gasteiger partial charge is 0.456 e. The minimum Gasteiger partial charge on any atom is -0.456 e. The molecule has 0 aromatic carbocycles. The van der Waals surface area contributed by atoms with Crippen LogP contribution in [-0.2, 0) is 42.9 Å². The number of esters is 2. The fraction of sp³-hybridized carbons (Fsp3) is 0.773. The standard InChI is InChI=1S/C44H69NO12/c1-10-13-30-19-25(2)18-26(3)20-36(54-8)39-37(55-9)24-44(6,43(52)57-39)40(49)41(50)45-17-12-11-14-31(45)42(51)56-38(28(5)33(47)23-34(30)48)27(4)21-29-15-16-32(46)35(22-29)53-7/h10,19,21,26,28-33,35-40,46-47,49H,1,11-18,20,22-24H2,2-9H3/b25-19+,27-21+/t26-,28+,29-,30+,31-,32+,33-,35+,36-,37-,38+,39+,40?,44+/m0/s1. The summed E-state index contributed by atoms with van der Waals surface area (Å²) in [6.45, 7) is 13.1. The minimum absolute atomic E-state index is 0.00145. The molecule has 4 aliphatic heterocycles. The summed E-state index contributed by atoms with van der Waals surface area (Å²) < 4.78 is 29.5. The van der Waals surface area contributed by atoms with Crippen LogP contribution < -0.4 is 0 Å². The Morgan fingerprint density at radius 3 is 2.26 bits per heavy atom. The SMILES string of the molecule is C=CC[C@@H]1/C=C(\C)C[C@H](C)C[C@H](OC)[C@H]2OC(=O)[C@](C)(C[C@@H]2OC)C(O)C(=O)N2CCCC[C@H]2C(=O)O[C@H](/C(C)=C/[C@@H]2CC[C@@H](O)[C@H](OC)C2)[C@H](C)[C@@H](O)CC1=O. The van der Waals surface area contributed by atoms with Gasteiger partial charge in [-0.1, -0.05) is 37.6 Å². The highest BCUT2D eigenvalue weighted by Crippen LogP contribution is 2.41. The van der Waals surface area contributed by atoms with E-state index in [1.54, 1.807) is 20.1 Å². The van der Waals surface area contributed by atoms with E-state index >= 15 is 0 Å². The molecule has 1 unspecified atom stereocenters. The third kappa shape index (κ3) is 11.2. The zero-order valence-electron chi connectivity index (χ0n) is 35.4. The Hall–Kier alpha value is -2.94. The van der Waals surface area contributed by atoms with E-state index in [1.807, 2.05) is 32.9 Å². The van der Waals surface area contributed by atoms with Gasteiger partial charge in [0.05, 0.1) is 30.5 Å². The van der Waals surface area contributed by atoms with Gasteiger partial charge < -0.3 is 43.9 Å². The van der Waals surface area contributed by atoms with E-state index in [1.165, 1.54) is 26.0 Å². The molecule has 57 heavy (non-hydrogen) atoms. The molecular weight excluding hydrogens is 734 g/mol. The van der Waals surface area contributed by atoms with Crippen LogP contribution in [0.1, 0.15) is 105 Å². The molecule has 1 aliphatic carbocycles. The van der Waals surface area contributed by atoms with Gasteiger partial charge in [0.15, 0.2) is 6.10 Å². The Morgan fingerprint density at radius 2 is 1.61 bits per heavy atom. The maximum atomic E-state index is 14.3. The molecule has 1 saturated carbocycles. The number of ether oxygens (including phenoxy) is 5. The first kappa shape index (κ1) is 46.7. The van der Waals surface area contributed by atoms with Crippen molar-refractivity contribution in [3.05, 3.63) is 36.0 Å². The normalized spacial score (nSPS) is 40.8. The molecule has 3 fully saturated rings. The lowest BCUT2D eigenvalue weighted by molar-refractivity contribution is -0.213. The van der Waals surface area contributed by atoms with Crippen LogP contribution in [0, 0.1) is 29.1 Å². The van der Waals surface area contributed by atoms with Gasteiger partial charge in [0.2, 0.25) is 0 Å². The highest BCUT2D eigenvalue weighted by atomic mass is 16.6. The van der Waals surface area contributed by atoms with Gasteiger partial charge in [-0.25, -0.2) is 4.79 Å². The van der Waals surface area contributed by atoms with Gasteiger partial charge in [-0.15, -0.1) is 6.58 Å². The maximum Gasteiger partial charge on any atom is 0.329 e. The van der Waals surface area contributed by atoms with Crippen molar-refractivity contribution in [3.63, 3.8) is 0 Å². The maximum absolute atomic E-state index is 14.3. The lowest BCUT2D eigenvalue weighted by Crippen LogP contribution is -2.62. The Kier molecular flexibility index (Phi) is 17.1. The molecule has 5 aliphatic rings. The van der Waals surface area contributed by atoms with Gasteiger partial charge in [0, 0.05) is 46.1 Å². The molecule has 14 atom stereocenters. The number of ketones is 1. The third-order valence-corrected chi connectivity index (χ3v) is 13.0. The number of Topliss-reactive ketones (excluding diaryl/α,β-unsaturated/α-hetero) is 1. The number of hydrogen-bond acceptors (Lipinski definition) is 12. The molecule has 1 amide bonds. The van der Waals surface area contributed by atoms with Crippen molar-refractivity contribution >= 4 is 23.6 Å². The second-order valence-corrected chi connectivity index (χ2v) is 17.5. The number of aliphatic hydroxyl groups excluding tert-OH is 3. The van der Waals surface area contributed by atoms with Crippen LogP contribution in [0.25, 0.3) is 0 Å². The van der Waals surface area contributed by atoms with Crippen molar-refractivity contribution in [3.8, 4) is 0 Å². The molecule has 13 nitrogen and oxygen atoms in total. The number of carbonyl (C=O) groups excluding carboxylic acids is 4. The third-order valence-electron chi connectivity index (χ3n) is 13.0. The molecule has 0 spiro atoms. The second-order valence-electron chi connectivity index (χ2n) is 17.5. The summed E-state index contributed by atoms with van der Waals surface area (Å²) in [6.07, 6.45) is 3.13. The number of carbonyl (C=O) groups is 4. The number of rotatable bonds is 7.